The van der Waals surface area contributed by atoms with E-state index < -0.39 is 11.4 Å². The van der Waals surface area contributed by atoms with Crippen LogP contribution in [0.1, 0.15) is 28.0 Å². The predicted octanol–water partition coefficient (Wildman–Crippen LogP) is 3.22. The number of hydrogen-bond acceptors (Lipinski definition) is 8. The third-order valence-corrected chi connectivity index (χ3v) is 8.87. The molecule has 0 radical (unpaired) electrons. The van der Waals surface area contributed by atoms with Crippen LogP contribution in [-0.4, -0.2) is 77.4 Å². The minimum absolute atomic E-state index is 0.187. The summed E-state index contributed by atoms with van der Waals surface area (Å²) < 4.78 is 16.3. The average molecular weight is 556 g/mol. The molecule has 1 unspecified atom stereocenters. The van der Waals surface area contributed by atoms with Crippen molar-refractivity contribution < 1.29 is 14.3 Å². The lowest BCUT2D eigenvalue weighted by Gasteiger charge is -2.31. The number of hydrogen-bond donors (Lipinski definition) is 3. The van der Waals surface area contributed by atoms with Crippen molar-refractivity contribution in [2.75, 3.05) is 56.4 Å². The topological polar surface area (TPSA) is 116 Å². The van der Waals surface area contributed by atoms with Crippen LogP contribution >= 0.6 is 0 Å². The van der Waals surface area contributed by atoms with Gasteiger partial charge in [-0.15, -0.1) is 0 Å². The quantitative estimate of drug-likeness (QED) is 0.301. The Morgan fingerprint density at radius 1 is 1.12 bits per heavy atom. The maximum absolute atomic E-state index is 14.9. The Kier molecular flexibility index (Phi) is 5.75. The monoisotopic (exact) mass is 555 g/mol. The van der Waals surface area contributed by atoms with Gasteiger partial charge in [-0.1, -0.05) is 0 Å². The first-order chi connectivity index (χ1) is 19.8. The third kappa shape index (κ3) is 3.79. The molecule has 3 N–H and O–H groups in total. The predicted molar refractivity (Wildman–Crippen MR) is 156 cm³/mol. The minimum Gasteiger partial charge on any atom is -0.477 e. The van der Waals surface area contributed by atoms with E-state index in [0.29, 0.717) is 29.6 Å². The highest BCUT2D eigenvalue weighted by molar-refractivity contribution is 5.98. The molecule has 4 aromatic rings. The van der Waals surface area contributed by atoms with Gasteiger partial charge in [0.25, 0.3) is 0 Å². The zero-order valence-electron chi connectivity index (χ0n) is 23.0. The SMILES string of the molecule is CNc1cc(F)cc2c1Cc1ncc(-c3cnc4c(c3)c(=O)c(C(=O)O)cn4NC)c(N3CC[C@H]4CN(C)CC43)c1-2. The molecule has 7 rings (SSSR count). The Balaban J connectivity index is 1.50. The fraction of sp³-hybridized carbons (Fsp3) is 0.333. The van der Waals surface area contributed by atoms with Crippen LogP contribution in [-0.2, 0) is 6.42 Å². The zero-order chi connectivity index (χ0) is 28.6. The van der Waals surface area contributed by atoms with E-state index in [-0.39, 0.29) is 16.8 Å². The van der Waals surface area contributed by atoms with Crippen LogP contribution in [0, 0.1) is 11.7 Å². The van der Waals surface area contributed by atoms with Gasteiger partial charge >= 0.3 is 5.97 Å². The minimum atomic E-state index is -1.31. The number of likely N-dealkylation sites (N-methyl/N-ethyl adjacent to an activating group) is 1. The Bertz CT molecular complexity index is 1820. The Hall–Kier alpha value is -4.51. The fourth-order valence-electron chi connectivity index (χ4n) is 7.04. The van der Waals surface area contributed by atoms with Crippen LogP contribution in [0.25, 0.3) is 33.3 Å². The van der Waals surface area contributed by atoms with Crippen molar-refractivity contribution in [2.45, 2.75) is 18.9 Å². The maximum atomic E-state index is 14.9. The van der Waals surface area contributed by atoms with E-state index in [1.165, 1.54) is 16.9 Å². The number of benzene rings is 1. The highest BCUT2D eigenvalue weighted by Crippen LogP contribution is 2.51. The van der Waals surface area contributed by atoms with Crippen molar-refractivity contribution in [2.24, 2.45) is 5.92 Å². The third-order valence-electron chi connectivity index (χ3n) is 8.87. The van der Waals surface area contributed by atoms with Crippen molar-refractivity contribution in [1.29, 1.82) is 0 Å². The molecule has 1 aromatic carbocycles. The molecule has 10 nitrogen and oxygen atoms in total. The molecular weight excluding hydrogens is 525 g/mol. The largest absolute Gasteiger partial charge is 0.477 e. The van der Waals surface area contributed by atoms with Crippen molar-refractivity contribution in [3.63, 3.8) is 0 Å². The average Bonchev–Trinajstić information content (AvgIpc) is 3.64. The molecule has 0 spiro atoms. The number of carbonyl (C=O) groups is 1. The smallest absolute Gasteiger partial charge is 0.341 e. The van der Waals surface area contributed by atoms with E-state index in [1.807, 2.05) is 6.20 Å². The summed E-state index contributed by atoms with van der Waals surface area (Å²) in [6.45, 7) is 2.80. The molecule has 210 valence electrons. The molecule has 0 saturated carbocycles. The molecular formula is C30H30FN7O3. The molecule has 3 aromatic heterocycles. The van der Waals surface area contributed by atoms with Gasteiger partial charge in [-0.3, -0.25) is 9.78 Å². The molecule has 41 heavy (non-hydrogen) atoms. The molecule has 11 heteroatoms. The van der Waals surface area contributed by atoms with E-state index in [9.17, 15) is 19.1 Å². The number of rotatable bonds is 5. The number of anilines is 2. The molecule has 2 atom stereocenters. The van der Waals surface area contributed by atoms with E-state index in [2.05, 4.69) is 32.6 Å². The summed E-state index contributed by atoms with van der Waals surface area (Å²) in [5.74, 6) is -1.11. The summed E-state index contributed by atoms with van der Waals surface area (Å²) in [5, 5.41) is 13.0. The van der Waals surface area contributed by atoms with Crippen LogP contribution in [0.15, 0.2) is 41.6 Å². The molecule has 0 amide bonds. The molecule has 2 fully saturated rings. The van der Waals surface area contributed by atoms with Gasteiger partial charge in [0.2, 0.25) is 5.43 Å². The highest BCUT2D eigenvalue weighted by Gasteiger charge is 2.43. The first kappa shape index (κ1) is 25.5. The maximum Gasteiger partial charge on any atom is 0.341 e. The second kappa shape index (κ2) is 9.27. The van der Waals surface area contributed by atoms with Crippen LogP contribution < -0.4 is 21.1 Å². The number of likely N-dealkylation sites (tertiary alicyclic amines) is 1. The summed E-state index contributed by atoms with van der Waals surface area (Å²) in [6.07, 6.45) is 6.39. The van der Waals surface area contributed by atoms with Gasteiger partial charge in [0.1, 0.15) is 11.4 Å². The number of pyridine rings is 3. The van der Waals surface area contributed by atoms with E-state index >= 15 is 0 Å². The lowest BCUT2D eigenvalue weighted by molar-refractivity contribution is 0.0695. The second-order valence-corrected chi connectivity index (χ2v) is 11.1. The number of carboxylic acid groups (broad SMARTS) is 1. The van der Waals surface area contributed by atoms with Gasteiger partial charge < -0.3 is 25.6 Å². The highest BCUT2D eigenvalue weighted by atomic mass is 19.1. The molecule has 0 bridgehead atoms. The van der Waals surface area contributed by atoms with Crippen molar-refractivity contribution >= 4 is 28.4 Å². The summed E-state index contributed by atoms with van der Waals surface area (Å²) in [6, 6.07) is 5.10. The van der Waals surface area contributed by atoms with Crippen LogP contribution in [0.4, 0.5) is 15.8 Å². The van der Waals surface area contributed by atoms with Gasteiger partial charge in [0, 0.05) is 87.2 Å². The summed E-state index contributed by atoms with van der Waals surface area (Å²) in [4.78, 5) is 39.4. The Morgan fingerprint density at radius 2 is 1.95 bits per heavy atom. The first-order valence-electron chi connectivity index (χ1n) is 13.7. The van der Waals surface area contributed by atoms with Gasteiger partial charge in [-0.25, -0.2) is 18.8 Å². The lowest BCUT2D eigenvalue weighted by atomic mass is 9.96. The zero-order valence-corrected chi connectivity index (χ0v) is 23.0. The van der Waals surface area contributed by atoms with Crippen molar-refractivity contribution in [3.05, 3.63) is 69.7 Å². The van der Waals surface area contributed by atoms with E-state index in [4.69, 9.17) is 4.98 Å². The molecule has 3 aliphatic rings. The molecule has 5 heterocycles. The number of halogens is 1. The van der Waals surface area contributed by atoms with Gasteiger partial charge in [0.05, 0.1) is 16.8 Å². The number of aromatic carboxylic acids is 1. The van der Waals surface area contributed by atoms with Crippen molar-refractivity contribution in [3.8, 4) is 22.3 Å². The summed E-state index contributed by atoms with van der Waals surface area (Å²) in [5.41, 5.74) is 9.03. The number of aromatic nitrogens is 3. The van der Waals surface area contributed by atoms with Gasteiger partial charge in [-0.2, -0.15) is 0 Å². The molecule has 2 aliphatic heterocycles. The lowest BCUT2D eigenvalue weighted by Crippen LogP contribution is -2.35. The first-order valence-corrected chi connectivity index (χ1v) is 13.7. The fourth-order valence-corrected chi connectivity index (χ4v) is 7.04. The normalized spacial score (nSPS) is 19.4. The van der Waals surface area contributed by atoms with Gasteiger partial charge in [0.15, 0.2) is 5.65 Å². The standard InChI is InChI=1S/C30H30FN7O3/c1-32-23-8-17(31)7-19-18(23)9-24-26(19)27(37-5-4-15-12-36(3)14-25(15)37)21(11-34-24)16-6-20-28(39)22(30(40)41)13-38(33-2)29(20)35-10-16/h6-8,10-11,13,15,25,32-33H,4-5,9,12,14H2,1-3H3,(H,40,41)/t15-,25?/m0/s1. The van der Waals surface area contributed by atoms with E-state index in [1.54, 1.807) is 32.4 Å². The Labute approximate surface area is 235 Å². The van der Waals surface area contributed by atoms with Gasteiger partial charge in [-0.05, 0) is 48.7 Å². The van der Waals surface area contributed by atoms with E-state index in [0.717, 1.165) is 65.4 Å². The number of fused-ring (bicyclic) bond motifs is 5. The van der Waals surface area contributed by atoms with Crippen molar-refractivity contribution in [1.82, 2.24) is 19.5 Å². The molecule has 2 saturated heterocycles. The number of nitrogens with one attached hydrogen (secondary N) is 2. The number of carboxylic acids is 1. The van der Waals surface area contributed by atoms with Crippen LogP contribution in [0.3, 0.4) is 0 Å². The summed E-state index contributed by atoms with van der Waals surface area (Å²) >= 11 is 0. The van der Waals surface area contributed by atoms with Crippen LogP contribution in [0.5, 0.6) is 0 Å². The second-order valence-electron chi connectivity index (χ2n) is 11.1. The molecule has 1 aliphatic carbocycles. The number of nitrogens with zero attached hydrogens (tertiary/aromatic N) is 5. The Morgan fingerprint density at radius 3 is 2.71 bits per heavy atom. The van der Waals surface area contributed by atoms with Crippen LogP contribution in [0.2, 0.25) is 0 Å². The summed E-state index contributed by atoms with van der Waals surface area (Å²) in [7, 11) is 5.56.